The maximum atomic E-state index is 13.0. The Kier molecular flexibility index (Phi) is 11.6. The van der Waals surface area contributed by atoms with Crippen LogP contribution in [0, 0.1) is 5.92 Å². The van der Waals surface area contributed by atoms with Crippen LogP contribution in [0.2, 0.25) is 0 Å². The second-order valence-electron chi connectivity index (χ2n) is 8.89. The Labute approximate surface area is 202 Å². The fourth-order valence-electron chi connectivity index (χ4n) is 4.37. The van der Waals surface area contributed by atoms with E-state index < -0.39 is 11.7 Å². The van der Waals surface area contributed by atoms with E-state index in [1.54, 1.807) is 0 Å². The molecule has 1 saturated carbocycles. The van der Waals surface area contributed by atoms with Gasteiger partial charge in [0.15, 0.2) is 6.73 Å². The van der Waals surface area contributed by atoms with Crippen LogP contribution in [0.3, 0.4) is 0 Å². The van der Waals surface area contributed by atoms with E-state index in [0.29, 0.717) is 23.4 Å². The topological polar surface area (TPSA) is 50.8 Å². The molecule has 194 valence electrons. The van der Waals surface area contributed by atoms with E-state index >= 15 is 0 Å². The molecule has 0 aromatic heterocycles. The highest BCUT2D eigenvalue weighted by molar-refractivity contribution is 5.79. The predicted molar refractivity (Wildman–Crippen MR) is 128 cm³/mol. The summed E-state index contributed by atoms with van der Waals surface area (Å²) < 4.78 is 49.8. The lowest BCUT2D eigenvalue weighted by atomic mass is 10.0. The highest BCUT2D eigenvalue weighted by Crippen LogP contribution is 2.35. The zero-order chi connectivity index (χ0) is 25.1. The van der Waals surface area contributed by atoms with Crippen molar-refractivity contribution in [1.29, 1.82) is 0 Å². The molecule has 2 heterocycles. The van der Waals surface area contributed by atoms with Crippen LogP contribution in [0.15, 0.2) is 18.2 Å². The number of carbonyl (C=O) groups is 1. The van der Waals surface area contributed by atoms with Gasteiger partial charge in [0, 0.05) is 36.8 Å². The molecule has 1 amide bonds. The van der Waals surface area contributed by atoms with E-state index in [9.17, 15) is 18.0 Å². The first-order chi connectivity index (χ1) is 16.3. The SMILES string of the molecule is CC.CCCC.O=C(C1CCC(NC2CCOCC2)C1)N1COc2ccc(C(F)(F)F)cc2C1. The van der Waals surface area contributed by atoms with Crippen LogP contribution in [-0.2, 0) is 22.3 Å². The number of hydrogen-bond donors (Lipinski definition) is 1. The predicted octanol–water partition coefficient (Wildman–Crippen LogP) is 6.15. The summed E-state index contributed by atoms with van der Waals surface area (Å²) >= 11 is 0. The Morgan fingerprint density at radius 2 is 1.74 bits per heavy atom. The summed E-state index contributed by atoms with van der Waals surface area (Å²) in [6.07, 6.45) is 2.72. The van der Waals surface area contributed by atoms with Crippen molar-refractivity contribution in [3.05, 3.63) is 29.3 Å². The summed E-state index contributed by atoms with van der Waals surface area (Å²) in [5.74, 6) is 0.287. The van der Waals surface area contributed by atoms with Crippen LogP contribution in [0.4, 0.5) is 13.2 Å². The molecule has 1 N–H and O–H groups in total. The van der Waals surface area contributed by atoms with Gasteiger partial charge >= 0.3 is 6.18 Å². The fourth-order valence-corrected chi connectivity index (χ4v) is 4.37. The summed E-state index contributed by atoms with van der Waals surface area (Å²) in [5.41, 5.74) is -0.310. The number of rotatable bonds is 4. The van der Waals surface area contributed by atoms with Gasteiger partial charge in [-0.15, -0.1) is 0 Å². The minimum absolute atomic E-state index is 0.0284. The molecular weight excluding hydrogens is 445 g/mol. The standard InChI is InChI=1S/C20H25F3N2O3.C4H10.C2H6/c21-20(22,23)15-2-4-18-14(9-15)11-25(12-28-18)19(26)13-1-3-17(10-13)24-16-5-7-27-8-6-16;1-3-4-2;1-2/h2,4,9,13,16-17,24H,1,3,5-8,10-12H2;3-4H2,1-2H3;1-2H3. The van der Waals surface area contributed by atoms with Gasteiger partial charge in [-0.3, -0.25) is 4.79 Å². The third-order valence-electron chi connectivity index (χ3n) is 6.41. The lowest BCUT2D eigenvalue weighted by Gasteiger charge is -2.31. The van der Waals surface area contributed by atoms with Crippen molar-refractivity contribution in [2.75, 3.05) is 19.9 Å². The maximum absolute atomic E-state index is 13.0. The molecule has 34 heavy (non-hydrogen) atoms. The third kappa shape index (κ3) is 8.15. The van der Waals surface area contributed by atoms with Crippen LogP contribution in [0.1, 0.15) is 83.8 Å². The van der Waals surface area contributed by atoms with Crippen molar-refractivity contribution in [1.82, 2.24) is 10.2 Å². The van der Waals surface area contributed by atoms with Gasteiger partial charge < -0.3 is 19.7 Å². The quantitative estimate of drug-likeness (QED) is 0.554. The Hall–Kier alpha value is -1.80. The summed E-state index contributed by atoms with van der Waals surface area (Å²) in [6.45, 7) is 10.2. The molecule has 2 fully saturated rings. The number of alkyl halides is 3. The fraction of sp³-hybridized carbons (Fsp3) is 0.731. The molecule has 1 aromatic rings. The van der Waals surface area contributed by atoms with Crippen molar-refractivity contribution in [3.63, 3.8) is 0 Å². The molecule has 0 radical (unpaired) electrons. The smallest absolute Gasteiger partial charge is 0.416 e. The van der Waals surface area contributed by atoms with E-state index in [0.717, 1.165) is 57.5 Å². The number of nitrogens with one attached hydrogen (secondary N) is 1. The summed E-state index contributed by atoms with van der Waals surface area (Å²) in [6, 6.07) is 4.19. The van der Waals surface area contributed by atoms with E-state index in [1.807, 2.05) is 13.8 Å². The Morgan fingerprint density at radius 3 is 2.35 bits per heavy atom. The highest BCUT2D eigenvalue weighted by atomic mass is 19.4. The normalized spacial score (nSPS) is 22.5. The molecular formula is C26H41F3N2O3. The van der Waals surface area contributed by atoms with Gasteiger partial charge in [-0.1, -0.05) is 40.5 Å². The van der Waals surface area contributed by atoms with Crippen molar-refractivity contribution in [2.24, 2.45) is 5.92 Å². The number of hydrogen-bond acceptors (Lipinski definition) is 4. The minimum atomic E-state index is -4.41. The third-order valence-corrected chi connectivity index (χ3v) is 6.41. The van der Waals surface area contributed by atoms with E-state index in [4.69, 9.17) is 9.47 Å². The summed E-state index contributed by atoms with van der Waals surface area (Å²) in [5, 5.41) is 3.64. The second kappa shape index (κ2) is 13.9. The molecule has 3 aliphatic rings. The number of fused-ring (bicyclic) bond motifs is 1. The van der Waals surface area contributed by atoms with Crippen LogP contribution >= 0.6 is 0 Å². The van der Waals surface area contributed by atoms with Crippen molar-refractivity contribution in [2.45, 2.75) is 97.4 Å². The van der Waals surface area contributed by atoms with Gasteiger partial charge in [-0.05, 0) is 50.3 Å². The molecule has 5 nitrogen and oxygen atoms in total. The van der Waals surface area contributed by atoms with Gasteiger partial charge in [-0.2, -0.15) is 13.2 Å². The number of halogens is 3. The molecule has 4 rings (SSSR count). The first kappa shape index (κ1) is 28.4. The number of nitrogens with zero attached hydrogens (tertiary/aromatic N) is 1. The van der Waals surface area contributed by atoms with Crippen LogP contribution in [0.5, 0.6) is 5.75 Å². The Bertz CT molecular complexity index is 749. The van der Waals surface area contributed by atoms with Crippen molar-refractivity contribution >= 4 is 5.91 Å². The van der Waals surface area contributed by atoms with Gasteiger partial charge in [-0.25, -0.2) is 0 Å². The average molecular weight is 487 g/mol. The zero-order valence-corrected chi connectivity index (χ0v) is 21.0. The summed E-state index contributed by atoms with van der Waals surface area (Å²) in [7, 11) is 0. The molecule has 1 aliphatic carbocycles. The molecule has 1 saturated heterocycles. The minimum Gasteiger partial charge on any atom is -0.473 e. The first-order valence-electron chi connectivity index (χ1n) is 12.8. The van der Waals surface area contributed by atoms with Gasteiger partial charge in [0.25, 0.3) is 0 Å². The molecule has 0 bridgehead atoms. The number of benzene rings is 1. The van der Waals surface area contributed by atoms with E-state index in [2.05, 4.69) is 19.2 Å². The number of unbranched alkanes of at least 4 members (excludes halogenated alkanes) is 1. The van der Waals surface area contributed by atoms with E-state index in [1.165, 1.54) is 23.8 Å². The maximum Gasteiger partial charge on any atom is 0.416 e. The molecule has 0 spiro atoms. The Morgan fingerprint density at radius 1 is 1.06 bits per heavy atom. The van der Waals surface area contributed by atoms with Crippen LogP contribution in [-0.4, -0.2) is 42.8 Å². The molecule has 2 unspecified atom stereocenters. The molecule has 2 aliphatic heterocycles. The van der Waals surface area contributed by atoms with Crippen LogP contribution in [0.25, 0.3) is 0 Å². The monoisotopic (exact) mass is 486 g/mol. The molecule has 2 atom stereocenters. The zero-order valence-electron chi connectivity index (χ0n) is 21.0. The van der Waals surface area contributed by atoms with Crippen molar-refractivity contribution < 1.29 is 27.4 Å². The van der Waals surface area contributed by atoms with Crippen LogP contribution < -0.4 is 10.1 Å². The first-order valence-corrected chi connectivity index (χ1v) is 12.8. The summed E-state index contributed by atoms with van der Waals surface area (Å²) in [4.78, 5) is 14.4. The van der Waals surface area contributed by atoms with Gasteiger partial charge in [0.2, 0.25) is 5.91 Å². The molecule has 8 heteroatoms. The van der Waals surface area contributed by atoms with Gasteiger partial charge in [0.1, 0.15) is 5.75 Å². The van der Waals surface area contributed by atoms with E-state index in [-0.39, 0.29) is 25.1 Å². The number of ether oxygens (including phenoxy) is 2. The lowest BCUT2D eigenvalue weighted by Crippen LogP contribution is -2.42. The highest BCUT2D eigenvalue weighted by Gasteiger charge is 2.36. The Balaban J connectivity index is 0.000000618. The largest absolute Gasteiger partial charge is 0.473 e. The van der Waals surface area contributed by atoms with Crippen molar-refractivity contribution in [3.8, 4) is 5.75 Å². The number of carbonyl (C=O) groups excluding carboxylic acids is 1. The number of amides is 1. The molecule has 1 aromatic carbocycles. The van der Waals surface area contributed by atoms with Gasteiger partial charge in [0.05, 0.1) is 12.1 Å². The second-order valence-corrected chi connectivity index (χ2v) is 8.89. The lowest BCUT2D eigenvalue weighted by molar-refractivity contribution is -0.140. The average Bonchev–Trinajstić information content (AvgIpc) is 3.32.